The summed E-state index contributed by atoms with van der Waals surface area (Å²) in [5.74, 6) is 1.04. The second-order valence-corrected chi connectivity index (χ2v) is 10.1. The Hall–Kier alpha value is -0.560. The minimum atomic E-state index is -1.08. The first-order chi connectivity index (χ1) is 10.7. The quantitative estimate of drug-likeness (QED) is 0.809. The van der Waals surface area contributed by atoms with Crippen LogP contribution in [0.15, 0.2) is 12.4 Å². The fourth-order valence-corrected chi connectivity index (χ4v) is 3.95. The van der Waals surface area contributed by atoms with Gasteiger partial charge in [0.15, 0.2) is 0 Å². The van der Waals surface area contributed by atoms with E-state index in [1.165, 1.54) is 13.0 Å². The number of hydrogen-bond acceptors (Lipinski definition) is 4. The molecule has 3 atom stereocenters. The summed E-state index contributed by atoms with van der Waals surface area (Å²) in [6, 6.07) is 0.0649. The van der Waals surface area contributed by atoms with Crippen LogP contribution in [0.4, 0.5) is 0 Å². The average molecular weight is 341 g/mol. The fourth-order valence-electron chi connectivity index (χ4n) is 2.96. The van der Waals surface area contributed by atoms with Gasteiger partial charge in [-0.2, -0.15) is 5.10 Å². The highest BCUT2D eigenvalue weighted by Crippen LogP contribution is 2.26. The van der Waals surface area contributed by atoms with Gasteiger partial charge in [-0.15, -0.1) is 4.72 Å². The highest BCUT2D eigenvalue weighted by atomic mass is 32.2. The van der Waals surface area contributed by atoms with E-state index in [1.54, 1.807) is 0 Å². The summed E-state index contributed by atoms with van der Waals surface area (Å²) in [4.78, 5) is 2.38. The average Bonchev–Trinajstić information content (AvgIpc) is 3.04. The van der Waals surface area contributed by atoms with Crippen LogP contribution in [0.3, 0.4) is 0 Å². The summed E-state index contributed by atoms with van der Waals surface area (Å²) >= 11 is -1.08. The molecule has 0 aromatic carbocycles. The Bertz CT molecular complexity index is 497. The van der Waals surface area contributed by atoms with Crippen molar-refractivity contribution >= 4 is 11.4 Å². The second kappa shape index (κ2) is 7.55. The first-order valence-electron chi connectivity index (χ1n) is 8.55. The van der Waals surface area contributed by atoms with Gasteiger partial charge in [-0.25, -0.2) is 0 Å². The van der Waals surface area contributed by atoms with Gasteiger partial charge >= 0.3 is 0 Å². The maximum atomic E-state index is 12.4. The molecular formula is C17H32N4OS. The van der Waals surface area contributed by atoms with E-state index >= 15 is 0 Å². The summed E-state index contributed by atoms with van der Waals surface area (Å²) in [6.07, 6.45) is 5.29. The molecule has 1 N–H and O–H groups in total. The second-order valence-electron chi connectivity index (χ2n) is 8.13. The third-order valence-electron chi connectivity index (χ3n) is 4.40. The number of likely N-dealkylation sites (tertiary alicyclic amines) is 1. The van der Waals surface area contributed by atoms with Crippen LogP contribution in [0.1, 0.15) is 52.6 Å². The summed E-state index contributed by atoms with van der Waals surface area (Å²) in [6.45, 7) is 13.6. The molecule has 23 heavy (non-hydrogen) atoms. The van der Waals surface area contributed by atoms with E-state index in [0.717, 1.165) is 18.7 Å². The van der Waals surface area contributed by atoms with Gasteiger partial charge in [-0.05, 0) is 52.6 Å². The molecule has 1 aliphatic rings. The van der Waals surface area contributed by atoms with E-state index < -0.39 is 11.4 Å². The van der Waals surface area contributed by atoms with Crippen LogP contribution >= 0.6 is 0 Å². The molecule has 2 rings (SSSR count). The lowest BCUT2D eigenvalue weighted by atomic mass is 10.0. The van der Waals surface area contributed by atoms with Gasteiger partial charge < -0.3 is 9.45 Å². The van der Waals surface area contributed by atoms with Gasteiger partial charge in [-0.1, -0.05) is 13.8 Å². The Labute approximate surface area is 144 Å². The summed E-state index contributed by atoms with van der Waals surface area (Å²) < 4.78 is 17.5. The maximum absolute atomic E-state index is 12.4. The Morgan fingerprint density at radius 3 is 2.65 bits per heavy atom. The highest BCUT2D eigenvalue weighted by molar-refractivity contribution is 7.90. The lowest BCUT2D eigenvalue weighted by molar-refractivity contribution is 0.369. The van der Waals surface area contributed by atoms with Crippen molar-refractivity contribution in [3.05, 3.63) is 18.0 Å². The zero-order chi connectivity index (χ0) is 17.2. The topological polar surface area (TPSA) is 56.1 Å². The Morgan fingerprint density at radius 2 is 2.13 bits per heavy atom. The first kappa shape index (κ1) is 18.8. The minimum Gasteiger partial charge on any atom is -0.598 e. The predicted octanol–water partition coefficient (Wildman–Crippen LogP) is 2.58. The SMILES string of the molecule is CC(C)[C@H](N[S@+]([O-])C(C)(C)C)c1cnn(CC2CCN(C)C2)c1. The molecule has 1 fully saturated rings. The van der Waals surface area contributed by atoms with E-state index in [2.05, 4.69) is 46.5 Å². The third-order valence-corrected chi connectivity index (χ3v) is 5.98. The monoisotopic (exact) mass is 340 g/mol. The van der Waals surface area contributed by atoms with Gasteiger partial charge in [0.2, 0.25) is 0 Å². The van der Waals surface area contributed by atoms with Gasteiger partial charge in [0.05, 0.1) is 12.2 Å². The Morgan fingerprint density at radius 1 is 1.43 bits per heavy atom. The van der Waals surface area contributed by atoms with Crippen molar-refractivity contribution in [3.8, 4) is 0 Å². The van der Waals surface area contributed by atoms with E-state index in [1.807, 2.05) is 27.0 Å². The molecule has 0 amide bonds. The number of rotatable bonds is 6. The fraction of sp³-hybridized carbons (Fsp3) is 0.824. The van der Waals surface area contributed by atoms with E-state index in [-0.39, 0.29) is 10.8 Å². The van der Waals surface area contributed by atoms with Crippen molar-refractivity contribution in [3.63, 3.8) is 0 Å². The molecule has 0 radical (unpaired) electrons. The van der Waals surface area contributed by atoms with Crippen molar-refractivity contribution < 1.29 is 4.55 Å². The zero-order valence-electron chi connectivity index (χ0n) is 15.4. The van der Waals surface area contributed by atoms with Crippen LogP contribution in [0.5, 0.6) is 0 Å². The molecule has 1 saturated heterocycles. The van der Waals surface area contributed by atoms with Gasteiger partial charge in [0.25, 0.3) is 0 Å². The maximum Gasteiger partial charge on any atom is 0.136 e. The van der Waals surface area contributed by atoms with Crippen LogP contribution in [0.25, 0.3) is 0 Å². The summed E-state index contributed by atoms with van der Waals surface area (Å²) in [5.41, 5.74) is 1.13. The molecule has 1 unspecified atom stereocenters. The number of nitrogens with one attached hydrogen (secondary N) is 1. The largest absolute Gasteiger partial charge is 0.598 e. The zero-order valence-corrected chi connectivity index (χ0v) is 16.2. The van der Waals surface area contributed by atoms with Crippen LogP contribution in [0, 0.1) is 11.8 Å². The molecule has 5 nitrogen and oxygen atoms in total. The molecule has 1 aliphatic heterocycles. The Kier molecular flexibility index (Phi) is 6.16. The number of nitrogens with zero attached hydrogens (tertiary/aromatic N) is 3. The normalized spacial score (nSPS) is 22.7. The molecule has 132 valence electrons. The molecule has 1 aromatic rings. The molecule has 1 aromatic heterocycles. The molecule has 0 saturated carbocycles. The molecule has 0 aliphatic carbocycles. The van der Waals surface area contributed by atoms with Crippen molar-refractivity contribution in [2.75, 3.05) is 20.1 Å². The molecule has 0 spiro atoms. The molecular weight excluding hydrogens is 308 g/mol. The summed E-state index contributed by atoms with van der Waals surface area (Å²) in [5, 5.41) is 4.54. The van der Waals surface area contributed by atoms with Crippen molar-refractivity contribution in [2.24, 2.45) is 11.8 Å². The van der Waals surface area contributed by atoms with Gasteiger partial charge in [0.1, 0.15) is 4.75 Å². The van der Waals surface area contributed by atoms with Crippen molar-refractivity contribution in [1.29, 1.82) is 0 Å². The van der Waals surface area contributed by atoms with Crippen molar-refractivity contribution in [1.82, 2.24) is 19.4 Å². The van der Waals surface area contributed by atoms with Gasteiger partial charge in [0, 0.05) is 36.2 Å². The van der Waals surface area contributed by atoms with Gasteiger partial charge in [-0.3, -0.25) is 4.68 Å². The first-order valence-corrected chi connectivity index (χ1v) is 9.70. The lowest BCUT2D eigenvalue weighted by Gasteiger charge is -2.29. The van der Waals surface area contributed by atoms with Crippen LogP contribution in [-0.2, 0) is 17.9 Å². The van der Waals surface area contributed by atoms with E-state index in [4.69, 9.17) is 0 Å². The smallest absolute Gasteiger partial charge is 0.136 e. The molecule has 2 heterocycles. The lowest BCUT2D eigenvalue weighted by Crippen LogP contribution is -2.42. The minimum absolute atomic E-state index is 0.0649. The van der Waals surface area contributed by atoms with E-state index in [0.29, 0.717) is 11.8 Å². The van der Waals surface area contributed by atoms with Crippen LogP contribution in [-0.4, -0.2) is 44.1 Å². The number of hydrogen-bond donors (Lipinski definition) is 1. The van der Waals surface area contributed by atoms with Crippen molar-refractivity contribution in [2.45, 2.75) is 58.4 Å². The molecule has 6 heteroatoms. The van der Waals surface area contributed by atoms with Crippen LogP contribution in [0.2, 0.25) is 0 Å². The van der Waals surface area contributed by atoms with E-state index in [9.17, 15) is 4.55 Å². The predicted molar refractivity (Wildman–Crippen MR) is 96.4 cm³/mol. The number of aromatic nitrogens is 2. The third kappa shape index (κ3) is 5.21. The highest BCUT2D eigenvalue weighted by Gasteiger charge is 2.31. The Balaban J connectivity index is 2.03. The summed E-state index contributed by atoms with van der Waals surface area (Å²) in [7, 11) is 2.18. The van der Waals surface area contributed by atoms with Crippen LogP contribution < -0.4 is 4.72 Å². The standard InChI is InChI=1S/C17H32N4OS/c1-13(2)16(19-23(22)17(3,4)5)15-9-18-21(12-15)11-14-7-8-20(6)10-14/h9,12-14,16,19H,7-8,10-11H2,1-6H3/t14?,16-,23+/m0/s1. The molecule has 0 bridgehead atoms.